The lowest BCUT2D eigenvalue weighted by atomic mass is 10.1. The van der Waals surface area contributed by atoms with Crippen LogP contribution in [0.4, 0.5) is 13.2 Å². The molecule has 0 aliphatic heterocycles. The van der Waals surface area contributed by atoms with Gasteiger partial charge in [0.2, 0.25) is 0 Å². The van der Waals surface area contributed by atoms with Gasteiger partial charge in [0.1, 0.15) is 6.07 Å². The zero-order valence-corrected chi connectivity index (χ0v) is 22.9. The van der Waals surface area contributed by atoms with Crippen molar-refractivity contribution in [3.63, 3.8) is 0 Å². The van der Waals surface area contributed by atoms with Crippen LogP contribution in [-0.2, 0) is 29.8 Å². The van der Waals surface area contributed by atoms with Gasteiger partial charge >= 0.3 is 20.0 Å². The summed E-state index contributed by atoms with van der Waals surface area (Å²) in [6.45, 7) is 4.71. The minimum atomic E-state index is -4.81. The number of aromatic nitrogens is 4. The number of pyridine rings is 1. The summed E-state index contributed by atoms with van der Waals surface area (Å²) < 4.78 is 96.8. The molecule has 0 radical (unpaired) electrons. The zero-order valence-electron chi connectivity index (χ0n) is 21.2. The number of alkyl halides is 3. The fraction of sp³-hybridized carbons (Fsp3) is 0.250. The van der Waals surface area contributed by atoms with E-state index >= 15 is 0 Å². The molecule has 1 aromatic carbocycles. The van der Waals surface area contributed by atoms with Crippen molar-refractivity contribution in [3.8, 4) is 23.3 Å². The number of hydrogen-bond acceptors (Lipinski definition) is 10. The fourth-order valence-electron chi connectivity index (χ4n) is 3.63. The van der Waals surface area contributed by atoms with E-state index in [0.29, 0.717) is 16.2 Å². The van der Waals surface area contributed by atoms with Gasteiger partial charge < -0.3 is 4.52 Å². The van der Waals surface area contributed by atoms with E-state index in [-0.39, 0.29) is 46.0 Å². The summed E-state index contributed by atoms with van der Waals surface area (Å²) in [5, 5.41) is 9.43. The summed E-state index contributed by atoms with van der Waals surface area (Å²) in [4.78, 5) is 11.6. The van der Waals surface area contributed by atoms with Crippen molar-refractivity contribution in [1.82, 2.24) is 18.9 Å². The number of rotatable bonds is 9. The third-order valence-corrected chi connectivity index (χ3v) is 8.63. The molecule has 3 aromatic heterocycles. The van der Waals surface area contributed by atoms with Gasteiger partial charge in [0.05, 0.1) is 41.1 Å². The summed E-state index contributed by atoms with van der Waals surface area (Å²) in [6.07, 6.45) is -2.31. The van der Waals surface area contributed by atoms with Crippen molar-refractivity contribution in [2.24, 2.45) is 0 Å². The third kappa shape index (κ3) is 5.71. The van der Waals surface area contributed by atoms with E-state index in [9.17, 15) is 31.4 Å². The molecule has 0 aliphatic carbocycles. The van der Waals surface area contributed by atoms with Crippen LogP contribution in [-0.4, -0.2) is 40.6 Å². The third-order valence-electron chi connectivity index (χ3n) is 5.43. The van der Waals surface area contributed by atoms with Crippen LogP contribution in [0.1, 0.15) is 30.5 Å². The number of aryl methyl sites for hydroxylation is 1. The summed E-state index contributed by atoms with van der Waals surface area (Å²) in [7, 11) is -8.55. The molecule has 210 valence electrons. The number of nitrogens with zero attached hydrogens (tertiary/aromatic N) is 5. The molecule has 0 N–H and O–H groups in total. The second-order valence-corrected chi connectivity index (χ2v) is 11.6. The molecule has 11 nitrogen and oxygen atoms in total. The van der Waals surface area contributed by atoms with E-state index in [2.05, 4.69) is 15.0 Å². The molecular formula is C24H21F3N5O6PS. The molecule has 0 saturated carbocycles. The van der Waals surface area contributed by atoms with Crippen molar-refractivity contribution >= 4 is 28.9 Å². The van der Waals surface area contributed by atoms with Crippen LogP contribution in [0, 0.1) is 18.3 Å². The van der Waals surface area contributed by atoms with Gasteiger partial charge in [-0.3, -0.25) is 9.05 Å². The van der Waals surface area contributed by atoms with Crippen LogP contribution >= 0.6 is 7.82 Å². The molecule has 0 amide bonds. The summed E-state index contributed by atoms with van der Waals surface area (Å²) in [5.41, 5.74) is -1.45. The molecule has 3 heterocycles. The Labute approximate surface area is 226 Å². The summed E-state index contributed by atoms with van der Waals surface area (Å²) in [6, 6.07) is 7.75. The van der Waals surface area contributed by atoms with E-state index in [0.717, 1.165) is 18.0 Å². The predicted molar refractivity (Wildman–Crippen MR) is 136 cm³/mol. The van der Waals surface area contributed by atoms with E-state index < -0.39 is 35.6 Å². The Hall–Kier alpha value is -3.83. The Morgan fingerprint density at radius 1 is 1.07 bits per heavy atom. The van der Waals surface area contributed by atoms with Gasteiger partial charge in [-0.05, 0) is 39.0 Å². The zero-order chi connectivity index (χ0) is 29.3. The Morgan fingerprint density at radius 2 is 1.73 bits per heavy atom. The monoisotopic (exact) mass is 595 g/mol. The molecule has 0 unspecified atom stereocenters. The molecule has 0 bridgehead atoms. The summed E-state index contributed by atoms with van der Waals surface area (Å²) in [5.74, 6) is 0. The lowest BCUT2D eigenvalue weighted by molar-refractivity contribution is -0.137. The van der Waals surface area contributed by atoms with Crippen LogP contribution in [0.3, 0.4) is 0 Å². The highest BCUT2D eigenvalue weighted by molar-refractivity contribution is 7.90. The van der Waals surface area contributed by atoms with Crippen LogP contribution in [0.2, 0.25) is 0 Å². The quantitative estimate of drug-likeness (QED) is 0.228. The standard InChI is InChI=1S/C24H21F3N5O6PS/c1-4-36-39(33,37-5-2)38-23-30-12-16(11-28)21(31-23)20-14-32(40(34,35)18-8-6-15(3)7-9-18)22-19(20)10-17(13-29-22)24(25,26)27/h6-10,12-14H,4-5H2,1-3H3. The van der Waals surface area contributed by atoms with Gasteiger partial charge in [0, 0.05) is 23.3 Å². The molecule has 4 aromatic rings. The maximum absolute atomic E-state index is 13.6. The van der Waals surface area contributed by atoms with Gasteiger partial charge in [0.25, 0.3) is 10.0 Å². The topological polar surface area (TPSA) is 146 Å². The molecule has 0 fully saturated rings. The first kappa shape index (κ1) is 29.2. The number of halogens is 3. The van der Waals surface area contributed by atoms with Gasteiger partial charge in [-0.15, -0.1) is 0 Å². The normalized spacial score (nSPS) is 12.4. The van der Waals surface area contributed by atoms with Gasteiger partial charge in [0.15, 0.2) is 5.65 Å². The lowest BCUT2D eigenvalue weighted by Gasteiger charge is -2.16. The molecule has 40 heavy (non-hydrogen) atoms. The number of benzene rings is 1. The van der Waals surface area contributed by atoms with E-state index in [4.69, 9.17) is 13.6 Å². The van der Waals surface area contributed by atoms with E-state index in [1.807, 2.05) is 6.07 Å². The molecule has 0 spiro atoms. The first-order valence-electron chi connectivity index (χ1n) is 11.6. The number of nitriles is 1. The Kier molecular flexibility index (Phi) is 8.00. The SMILES string of the molecule is CCOP(=O)(OCC)Oc1ncc(C#N)c(-c2cn(S(=O)(=O)c3ccc(C)cc3)c3ncc(C(F)(F)F)cc23)n1. The first-order chi connectivity index (χ1) is 18.8. The number of phosphoric ester groups is 1. The highest BCUT2D eigenvalue weighted by atomic mass is 32.2. The maximum Gasteiger partial charge on any atom is 0.532 e. The van der Waals surface area contributed by atoms with Crippen LogP contribution in [0.25, 0.3) is 22.3 Å². The number of hydrogen-bond donors (Lipinski definition) is 0. The van der Waals surface area contributed by atoms with Crippen LogP contribution in [0.15, 0.2) is 53.8 Å². The average Bonchev–Trinajstić information content (AvgIpc) is 3.28. The second kappa shape index (κ2) is 11.0. The van der Waals surface area contributed by atoms with E-state index in [1.54, 1.807) is 19.1 Å². The molecule has 0 saturated heterocycles. The average molecular weight is 595 g/mol. The molecule has 16 heteroatoms. The Balaban J connectivity index is 1.99. The largest absolute Gasteiger partial charge is 0.532 e. The van der Waals surface area contributed by atoms with Gasteiger partial charge in [-0.1, -0.05) is 17.7 Å². The van der Waals surface area contributed by atoms with Crippen LogP contribution in [0.5, 0.6) is 6.01 Å². The second-order valence-electron chi connectivity index (χ2n) is 8.15. The molecule has 0 aliphatic rings. The molecule has 0 atom stereocenters. The van der Waals surface area contributed by atoms with E-state index in [1.165, 1.54) is 26.0 Å². The predicted octanol–water partition coefficient (Wildman–Crippen LogP) is 5.49. The lowest BCUT2D eigenvalue weighted by Crippen LogP contribution is -2.13. The minimum Gasteiger partial charge on any atom is -0.368 e. The smallest absolute Gasteiger partial charge is 0.368 e. The van der Waals surface area contributed by atoms with Gasteiger partial charge in [-0.2, -0.15) is 23.4 Å². The van der Waals surface area contributed by atoms with Crippen molar-refractivity contribution < 1.29 is 39.7 Å². The first-order valence-corrected chi connectivity index (χ1v) is 14.5. The highest BCUT2D eigenvalue weighted by Gasteiger charge is 2.34. The van der Waals surface area contributed by atoms with Crippen molar-refractivity contribution in [3.05, 3.63) is 65.6 Å². The highest BCUT2D eigenvalue weighted by Crippen LogP contribution is 2.48. The number of fused-ring (bicyclic) bond motifs is 1. The molecule has 4 rings (SSSR count). The van der Waals surface area contributed by atoms with Crippen molar-refractivity contribution in [2.75, 3.05) is 13.2 Å². The minimum absolute atomic E-state index is 0.0589. The fourth-order valence-corrected chi connectivity index (χ4v) is 6.06. The number of phosphoric acid groups is 1. The Morgan fingerprint density at radius 3 is 2.30 bits per heavy atom. The van der Waals surface area contributed by atoms with Gasteiger partial charge in [-0.25, -0.2) is 26.9 Å². The Bertz CT molecular complexity index is 1760. The maximum atomic E-state index is 13.6. The van der Waals surface area contributed by atoms with Crippen molar-refractivity contribution in [1.29, 1.82) is 5.26 Å². The van der Waals surface area contributed by atoms with Crippen LogP contribution < -0.4 is 4.52 Å². The molecular weight excluding hydrogens is 574 g/mol. The van der Waals surface area contributed by atoms with Crippen molar-refractivity contribution in [2.45, 2.75) is 31.8 Å². The summed E-state index contributed by atoms with van der Waals surface area (Å²) >= 11 is 0.